The zero-order valence-electron chi connectivity index (χ0n) is 12.2. The molecule has 2 aliphatic heterocycles. The van der Waals surface area contributed by atoms with Crippen molar-refractivity contribution in [3.63, 3.8) is 0 Å². The lowest BCUT2D eigenvalue weighted by atomic mass is 10.0. The summed E-state index contributed by atoms with van der Waals surface area (Å²) in [5.41, 5.74) is 0.0487. The van der Waals surface area contributed by atoms with E-state index >= 15 is 0 Å². The van der Waals surface area contributed by atoms with E-state index in [1.807, 2.05) is 0 Å². The number of rotatable bonds is 2. The van der Waals surface area contributed by atoms with Gasteiger partial charge >= 0.3 is 0 Å². The third-order valence-corrected chi connectivity index (χ3v) is 4.88. The van der Waals surface area contributed by atoms with Crippen LogP contribution in [-0.2, 0) is 0 Å². The molecule has 0 radical (unpaired) electrons. The van der Waals surface area contributed by atoms with Crippen LogP contribution in [0.15, 0.2) is 23.1 Å². The summed E-state index contributed by atoms with van der Waals surface area (Å²) in [6.45, 7) is 3.59. The Morgan fingerprint density at radius 3 is 2.74 bits per heavy atom. The molecule has 2 saturated heterocycles. The maximum atomic E-state index is 13.3. The second-order valence-electron chi connectivity index (χ2n) is 6.00. The van der Waals surface area contributed by atoms with Crippen LogP contribution in [0.2, 0.25) is 5.02 Å². The number of H-pyrrole nitrogens is 1. The molecule has 0 bridgehead atoms. The topological polar surface area (TPSA) is 73.9 Å². The predicted molar refractivity (Wildman–Crippen MR) is 85.1 cm³/mol. The summed E-state index contributed by atoms with van der Waals surface area (Å²) in [6, 6.07) is 2.83. The van der Waals surface area contributed by atoms with Crippen molar-refractivity contribution >= 4 is 17.4 Å². The molecule has 2 aliphatic rings. The van der Waals surface area contributed by atoms with Crippen LogP contribution in [0.5, 0.6) is 0 Å². The normalized spacial score (nSPS) is 23.3. The summed E-state index contributed by atoms with van der Waals surface area (Å²) in [4.78, 5) is 24.8. The molecule has 2 aromatic heterocycles. The van der Waals surface area contributed by atoms with Gasteiger partial charge in [0.1, 0.15) is 10.8 Å². The van der Waals surface area contributed by atoms with E-state index in [0.717, 1.165) is 26.2 Å². The fourth-order valence-corrected chi connectivity index (χ4v) is 3.58. The Balaban J connectivity index is 1.74. The number of anilines is 1. The molecule has 120 valence electrons. The number of aromatic amines is 1. The van der Waals surface area contributed by atoms with Crippen LogP contribution in [0, 0.1) is 17.8 Å². The molecule has 2 atom stereocenters. The number of pyridine rings is 1. The van der Waals surface area contributed by atoms with E-state index in [0.29, 0.717) is 29.0 Å². The van der Waals surface area contributed by atoms with Gasteiger partial charge in [-0.3, -0.25) is 4.79 Å². The highest BCUT2D eigenvalue weighted by Crippen LogP contribution is 2.32. The summed E-state index contributed by atoms with van der Waals surface area (Å²) in [5, 5.41) is 3.45. The Morgan fingerprint density at radius 1 is 1.30 bits per heavy atom. The highest BCUT2D eigenvalue weighted by molar-refractivity contribution is 6.32. The van der Waals surface area contributed by atoms with Gasteiger partial charge in [0, 0.05) is 44.0 Å². The van der Waals surface area contributed by atoms with Crippen molar-refractivity contribution in [1.82, 2.24) is 20.3 Å². The average Bonchev–Trinajstić information content (AvgIpc) is 3.11. The van der Waals surface area contributed by atoms with E-state index in [2.05, 4.69) is 25.2 Å². The van der Waals surface area contributed by atoms with Crippen molar-refractivity contribution < 1.29 is 4.39 Å². The van der Waals surface area contributed by atoms with E-state index in [4.69, 9.17) is 11.6 Å². The Hall–Kier alpha value is -1.99. The minimum absolute atomic E-state index is 0.0798. The van der Waals surface area contributed by atoms with Crippen molar-refractivity contribution in [3.8, 4) is 11.4 Å². The Labute approximate surface area is 136 Å². The van der Waals surface area contributed by atoms with E-state index in [9.17, 15) is 9.18 Å². The van der Waals surface area contributed by atoms with E-state index < -0.39 is 11.5 Å². The smallest absolute Gasteiger partial charge is 0.272 e. The van der Waals surface area contributed by atoms with E-state index in [1.165, 1.54) is 12.3 Å². The maximum absolute atomic E-state index is 13.3. The number of nitrogens with zero attached hydrogens (tertiary/aromatic N) is 3. The van der Waals surface area contributed by atoms with Crippen molar-refractivity contribution in [2.45, 2.75) is 0 Å². The second-order valence-corrected chi connectivity index (χ2v) is 6.38. The molecular formula is C15H15ClFN5O. The van der Waals surface area contributed by atoms with Crippen molar-refractivity contribution in [2.75, 3.05) is 31.1 Å². The van der Waals surface area contributed by atoms with Crippen LogP contribution in [0.25, 0.3) is 11.4 Å². The largest absolute Gasteiger partial charge is 0.354 e. The molecule has 0 aromatic carbocycles. The van der Waals surface area contributed by atoms with Gasteiger partial charge in [0.05, 0.1) is 0 Å². The van der Waals surface area contributed by atoms with Gasteiger partial charge in [0.2, 0.25) is 5.95 Å². The fourth-order valence-electron chi connectivity index (χ4n) is 3.37. The first-order chi connectivity index (χ1) is 11.1. The summed E-state index contributed by atoms with van der Waals surface area (Å²) >= 11 is 6.17. The minimum Gasteiger partial charge on any atom is -0.354 e. The van der Waals surface area contributed by atoms with E-state index in [-0.39, 0.29) is 5.02 Å². The summed E-state index contributed by atoms with van der Waals surface area (Å²) < 4.78 is 13.3. The zero-order valence-corrected chi connectivity index (χ0v) is 13.0. The summed E-state index contributed by atoms with van der Waals surface area (Å²) in [6.07, 6.45) is 1.34. The molecule has 2 aromatic rings. The quantitative estimate of drug-likeness (QED) is 0.809. The molecule has 0 spiro atoms. The molecule has 0 saturated carbocycles. The van der Waals surface area contributed by atoms with Gasteiger partial charge in [-0.15, -0.1) is 0 Å². The molecule has 8 heteroatoms. The van der Waals surface area contributed by atoms with Crippen LogP contribution in [-0.4, -0.2) is 41.1 Å². The Kier molecular flexibility index (Phi) is 3.54. The first kappa shape index (κ1) is 14.6. The number of nitrogens with one attached hydrogen (secondary N) is 2. The molecule has 4 heterocycles. The van der Waals surface area contributed by atoms with Gasteiger partial charge in [-0.25, -0.2) is 9.97 Å². The summed E-state index contributed by atoms with van der Waals surface area (Å²) in [5.74, 6) is 1.24. The maximum Gasteiger partial charge on any atom is 0.272 e. The number of halogens is 2. The molecule has 4 rings (SSSR count). The lowest BCUT2D eigenvalue weighted by Crippen LogP contribution is -2.28. The Morgan fingerprint density at radius 2 is 2.04 bits per heavy atom. The molecule has 2 fully saturated rings. The van der Waals surface area contributed by atoms with Crippen LogP contribution in [0.3, 0.4) is 0 Å². The van der Waals surface area contributed by atoms with Gasteiger partial charge in [-0.1, -0.05) is 11.6 Å². The Bertz CT molecular complexity index is 799. The van der Waals surface area contributed by atoms with Gasteiger partial charge < -0.3 is 15.2 Å². The number of fused-ring (bicyclic) bond motifs is 1. The SMILES string of the molecule is O=c1[nH]c(-c2ccnc(F)c2)nc(N2CC3CNCC3C2)c1Cl. The standard InChI is InChI=1S/C15H15ClFN5O/c16-12-14(22-6-9-4-18-5-10(9)7-22)20-13(21-15(12)23)8-1-2-19-11(17)3-8/h1-3,9-10,18H,4-7H2,(H,20,21,23). The molecule has 2 unspecified atom stereocenters. The van der Waals surface area contributed by atoms with Crippen LogP contribution in [0.4, 0.5) is 10.2 Å². The highest BCUT2D eigenvalue weighted by atomic mass is 35.5. The molecular weight excluding hydrogens is 321 g/mol. The lowest BCUT2D eigenvalue weighted by molar-refractivity contribution is 0.533. The number of hydrogen-bond acceptors (Lipinski definition) is 5. The van der Waals surface area contributed by atoms with Crippen LogP contribution >= 0.6 is 11.6 Å². The van der Waals surface area contributed by atoms with E-state index in [1.54, 1.807) is 6.07 Å². The van der Waals surface area contributed by atoms with Crippen LogP contribution < -0.4 is 15.8 Å². The molecule has 0 amide bonds. The van der Waals surface area contributed by atoms with Crippen molar-refractivity contribution in [3.05, 3.63) is 39.7 Å². The van der Waals surface area contributed by atoms with Crippen molar-refractivity contribution in [1.29, 1.82) is 0 Å². The molecule has 23 heavy (non-hydrogen) atoms. The van der Waals surface area contributed by atoms with Crippen molar-refractivity contribution in [2.24, 2.45) is 11.8 Å². The fraction of sp³-hybridized carbons (Fsp3) is 0.400. The van der Waals surface area contributed by atoms with Gasteiger partial charge in [-0.05, 0) is 17.9 Å². The van der Waals surface area contributed by atoms with Crippen LogP contribution in [0.1, 0.15) is 0 Å². The molecule has 0 aliphatic carbocycles. The monoisotopic (exact) mass is 335 g/mol. The first-order valence-corrected chi connectivity index (χ1v) is 7.87. The second kappa shape index (κ2) is 5.58. The first-order valence-electron chi connectivity index (χ1n) is 7.49. The predicted octanol–water partition coefficient (Wildman–Crippen LogP) is 1.28. The van der Waals surface area contributed by atoms with Gasteiger partial charge in [0.25, 0.3) is 5.56 Å². The van der Waals surface area contributed by atoms with Gasteiger partial charge in [-0.2, -0.15) is 4.39 Å². The number of aromatic nitrogens is 3. The number of hydrogen-bond donors (Lipinski definition) is 2. The lowest BCUT2D eigenvalue weighted by Gasteiger charge is -2.20. The molecule has 6 nitrogen and oxygen atoms in total. The zero-order chi connectivity index (χ0) is 16.0. The third-order valence-electron chi connectivity index (χ3n) is 4.53. The minimum atomic E-state index is -0.622. The average molecular weight is 336 g/mol. The summed E-state index contributed by atoms with van der Waals surface area (Å²) in [7, 11) is 0. The molecule has 2 N–H and O–H groups in total. The van der Waals surface area contributed by atoms with Gasteiger partial charge in [0.15, 0.2) is 5.82 Å². The highest BCUT2D eigenvalue weighted by Gasteiger charge is 2.37. The third kappa shape index (κ3) is 2.60.